The predicted molar refractivity (Wildman–Crippen MR) is 94.3 cm³/mol. The van der Waals surface area contributed by atoms with Crippen molar-refractivity contribution in [1.29, 1.82) is 0 Å². The number of aromatic nitrogens is 1. The predicted octanol–water partition coefficient (Wildman–Crippen LogP) is 0.410. The third-order valence-corrected chi connectivity index (χ3v) is 4.31. The van der Waals surface area contributed by atoms with Crippen LogP contribution in [0.25, 0.3) is 0 Å². The van der Waals surface area contributed by atoms with Crippen molar-refractivity contribution in [3.05, 3.63) is 42.2 Å². The Hall–Kier alpha value is -3.27. The van der Waals surface area contributed by atoms with Crippen LogP contribution in [0.1, 0.15) is 30.4 Å². The van der Waals surface area contributed by atoms with Crippen molar-refractivity contribution < 1.29 is 47.8 Å². The molecule has 1 saturated heterocycles. The lowest BCUT2D eigenvalue weighted by Gasteiger charge is -2.17. The van der Waals surface area contributed by atoms with Crippen LogP contribution >= 0.6 is 0 Å². The third kappa shape index (κ3) is 5.85. The first-order valence-electron chi connectivity index (χ1n) is 8.72. The first kappa shape index (κ1) is 22.0. The molecule has 1 aromatic rings. The van der Waals surface area contributed by atoms with E-state index in [-0.39, 0.29) is 18.1 Å². The van der Waals surface area contributed by atoms with Gasteiger partial charge in [-0.05, 0) is 6.07 Å². The molecule has 0 aliphatic carbocycles. The summed E-state index contributed by atoms with van der Waals surface area (Å²) in [6.07, 6.45) is 2.66. The summed E-state index contributed by atoms with van der Waals surface area (Å²) in [6, 6.07) is 2.96. The van der Waals surface area contributed by atoms with Crippen LogP contribution in [0.3, 0.4) is 0 Å². The highest BCUT2D eigenvalue weighted by Gasteiger charge is 2.50. The van der Waals surface area contributed by atoms with E-state index in [0.717, 1.165) is 12.2 Å². The molecule has 1 fully saturated rings. The Balaban J connectivity index is 2.14. The fraction of sp³-hybridized carbons (Fsp3) is 0.421. The molecule has 2 rings (SSSR count). The maximum absolute atomic E-state index is 11.7. The second-order valence-electron chi connectivity index (χ2n) is 6.33. The van der Waals surface area contributed by atoms with Gasteiger partial charge in [-0.1, -0.05) is 6.92 Å². The molecule has 29 heavy (non-hydrogen) atoms. The number of rotatable bonds is 7. The van der Waals surface area contributed by atoms with Crippen LogP contribution in [0.15, 0.2) is 36.7 Å². The normalized spacial score (nSPS) is 23.6. The SMILES string of the molecule is COC(=O)/C=C/C(=O)OC[C@H]1O[C@@H]([n+]2cccc(C(=O)O)c2)C(OC(C)=O)[C@@H]1C. The minimum absolute atomic E-state index is 0.0353. The lowest BCUT2D eigenvalue weighted by molar-refractivity contribution is -0.765. The first-order valence-corrected chi connectivity index (χ1v) is 8.72. The highest BCUT2D eigenvalue weighted by atomic mass is 16.6. The number of aromatic carboxylic acids is 1. The summed E-state index contributed by atoms with van der Waals surface area (Å²) in [5, 5.41) is 9.18. The van der Waals surface area contributed by atoms with Gasteiger partial charge in [0, 0.05) is 31.1 Å². The van der Waals surface area contributed by atoms with Crippen molar-refractivity contribution >= 4 is 23.9 Å². The Labute approximate surface area is 166 Å². The van der Waals surface area contributed by atoms with Crippen LogP contribution in [-0.4, -0.2) is 54.9 Å². The zero-order valence-corrected chi connectivity index (χ0v) is 16.1. The monoisotopic (exact) mass is 408 g/mol. The largest absolute Gasteiger partial charge is 0.477 e. The fourth-order valence-electron chi connectivity index (χ4n) is 2.83. The summed E-state index contributed by atoms with van der Waals surface area (Å²) < 4.78 is 22.2. The fourth-order valence-corrected chi connectivity index (χ4v) is 2.83. The van der Waals surface area contributed by atoms with Crippen molar-refractivity contribution in [3.8, 4) is 0 Å². The minimum Gasteiger partial charge on any atom is -0.477 e. The molecule has 0 saturated carbocycles. The van der Waals surface area contributed by atoms with Crippen molar-refractivity contribution in [3.63, 3.8) is 0 Å². The number of nitrogens with zero attached hydrogens (tertiary/aromatic N) is 1. The number of carboxylic acid groups (broad SMARTS) is 1. The summed E-state index contributed by atoms with van der Waals surface area (Å²) in [5.74, 6) is -3.46. The molecule has 1 N–H and O–H groups in total. The minimum atomic E-state index is -1.11. The van der Waals surface area contributed by atoms with E-state index in [1.54, 1.807) is 13.1 Å². The van der Waals surface area contributed by atoms with Gasteiger partial charge >= 0.3 is 30.1 Å². The van der Waals surface area contributed by atoms with E-state index in [2.05, 4.69) is 4.74 Å². The van der Waals surface area contributed by atoms with Crippen LogP contribution in [-0.2, 0) is 33.3 Å². The number of pyridine rings is 1. The molecule has 0 amide bonds. The van der Waals surface area contributed by atoms with Crippen molar-refractivity contribution in [2.75, 3.05) is 13.7 Å². The number of esters is 3. The van der Waals surface area contributed by atoms with E-state index in [9.17, 15) is 24.3 Å². The van der Waals surface area contributed by atoms with Gasteiger partial charge in [0.2, 0.25) is 0 Å². The maximum Gasteiger partial charge on any atom is 0.341 e. The van der Waals surface area contributed by atoms with E-state index in [0.29, 0.717) is 0 Å². The second-order valence-corrected chi connectivity index (χ2v) is 6.33. The van der Waals surface area contributed by atoms with E-state index < -0.39 is 42.3 Å². The lowest BCUT2D eigenvalue weighted by atomic mass is 10.0. The average molecular weight is 408 g/mol. The standard InChI is InChI=1S/C19H21NO9/c1-11-14(10-27-16(23)7-6-15(22)26-3)29-18(17(11)28-12(2)21)20-8-4-5-13(9-20)19(24)25/h4-9,11,14,17-18H,10H2,1-3H3/p+1/b7-6+/t11-,14-,17?,18-/m1/s1. The highest BCUT2D eigenvalue weighted by Crippen LogP contribution is 2.33. The van der Waals surface area contributed by atoms with Gasteiger partial charge in [-0.2, -0.15) is 4.57 Å². The van der Waals surface area contributed by atoms with Crippen LogP contribution < -0.4 is 4.57 Å². The van der Waals surface area contributed by atoms with Gasteiger partial charge in [0.25, 0.3) is 0 Å². The summed E-state index contributed by atoms with van der Waals surface area (Å²) in [7, 11) is 1.18. The van der Waals surface area contributed by atoms with E-state index in [1.165, 1.54) is 36.9 Å². The van der Waals surface area contributed by atoms with Crippen LogP contribution in [0.5, 0.6) is 0 Å². The summed E-state index contributed by atoms with van der Waals surface area (Å²) >= 11 is 0. The third-order valence-electron chi connectivity index (χ3n) is 4.31. The maximum atomic E-state index is 11.7. The van der Waals surface area contributed by atoms with Crippen molar-refractivity contribution in [2.45, 2.75) is 32.3 Å². The molecule has 1 aromatic heterocycles. The molecule has 156 valence electrons. The summed E-state index contributed by atoms with van der Waals surface area (Å²) in [5.41, 5.74) is 0.0353. The van der Waals surface area contributed by atoms with E-state index in [4.69, 9.17) is 14.2 Å². The Bertz CT molecular complexity index is 820. The van der Waals surface area contributed by atoms with E-state index >= 15 is 0 Å². The van der Waals surface area contributed by atoms with Crippen molar-refractivity contribution in [1.82, 2.24) is 0 Å². The molecular weight excluding hydrogens is 386 g/mol. The average Bonchev–Trinajstić information content (AvgIpc) is 2.99. The first-order chi connectivity index (χ1) is 13.7. The topological polar surface area (TPSA) is 129 Å². The van der Waals surface area contributed by atoms with Crippen LogP contribution in [0.2, 0.25) is 0 Å². The Morgan fingerprint density at radius 2 is 1.93 bits per heavy atom. The number of hydrogen-bond donors (Lipinski definition) is 1. The van der Waals surface area contributed by atoms with Gasteiger partial charge in [0.1, 0.15) is 18.3 Å². The zero-order chi connectivity index (χ0) is 21.6. The Morgan fingerprint density at radius 1 is 1.24 bits per heavy atom. The molecule has 1 aliphatic heterocycles. The second kappa shape index (κ2) is 9.78. The lowest BCUT2D eigenvalue weighted by Crippen LogP contribution is -2.46. The number of carbonyl (C=O) groups is 4. The quantitative estimate of drug-likeness (QED) is 0.295. The molecule has 0 spiro atoms. The van der Waals surface area contributed by atoms with E-state index in [1.807, 2.05) is 0 Å². The molecular formula is C19H22NO9+. The molecule has 1 aliphatic rings. The molecule has 2 heterocycles. The van der Waals surface area contributed by atoms with Gasteiger partial charge in [-0.25, -0.2) is 14.4 Å². The van der Waals surface area contributed by atoms with Gasteiger partial charge in [-0.15, -0.1) is 0 Å². The smallest absolute Gasteiger partial charge is 0.341 e. The summed E-state index contributed by atoms with van der Waals surface area (Å²) in [4.78, 5) is 45.5. The van der Waals surface area contributed by atoms with Gasteiger partial charge < -0.3 is 24.1 Å². The molecule has 10 heteroatoms. The number of carbonyl (C=O) groups excluding carboxylic acids is 3. The highest BCUT2D eigenvalue weighted by molar-refractivity contribution is 5.91. The van der Waals surface area contributed by atoms with Crippen molar-refractivity contribution in [2.24, 2.45) is 5.92 Å². The molecule has 10 nitrogen and oxygen atoms in total. The van der Waals surface area contributed by atoms with Crippen LogP contribution in [0.4, 0.5) is 0 Å². The Kier molecular flexibility index (Phi) is 7.43. The number of ether oxygens (including phenoxy) is 4. The molecule has 1 unspecified atom stereocenters. The number of carboxylic acids is 1. The number of hydrogen-bond acceptors (Lipinski definition) is 8. The zero-order valence-electron chi connectivity index (χ0n) is 16.1. The summed E-state index contributed by atoms with van der Waals surface area (Å²) in [6.45, 7) is 2.87. The molecule has 0 radical (unpaired) electrons. The molecule has 4 atom stereocenters. The van der Waals surface area contributed by atoms with Gasteiger partial charge in [0.15, 0.2) is 18.5 Å². The van der Waals surface area contributed by atoms with Crippen LogP contribution in [0, 0.1) is 5.92 Å². The van der Waals surface area contributed by atoms with Gasteiger partial charge in [0.05, 0.1) is 7.11 Å². The molecule has 0 bridgehead atoms. The number of methoxy groups -OCH3 is 1. The van der Waals surface area contributed by atoms with Gasteiger partial charge in [-0.3, -0.25) is 4.79 Å². The Morgan fingerprint density at radius 3 is 2.55 bits per heavy atom. The molecule has 0 aromatic carbocycles.